The lowest BCUT2D eigenvalue weighted by Gasteiger charge is -2.10. The van der Waals surface area contributed by atoms with Crippen LogP contribution >= 0.6 is 11.8 Å². The molecule has 2 aromatic carbocycles. The molecule has 0 unspecified atom stereocenters. The van der Waals surface area contributed by atoms with Crippen molar-refractivity contribution in [1.29, 1.82) is 0 Å². The van der Waals surface area contributed by atoms with Crippen LogP contribution in [0.4, 0.5) is 4.39 Å². The Labute approximate surface area is 183 Å². The molecule has 2 aromatic heterocycles. The maximum Gasteiger partial charge on any atom is 0.277 e. The van der Waals surface area contributed by atoms with Crippen molar-refractivity contribution in [3.63, 3.8) is 0 Å². The number of hydrogen-bond acceptors (Lipinski definition) is 6. The zero-order chi connectivity index (χ0) is 22.0. The molecule has 2 heterocycles. The Bertz CT molecular complexity index is 1230. The largest absolute Gasteiger partial charge is 0.497 e. The third-order valence-electron chi connectivity index (χ3n) is 4.90. The summed E-state index contributed by atoms with van der Waals surface area (Å²) in [5.74, 6) is 0.803. The molecule has 0 atom stereocenters. The van der Waals surface area contributed by atoms with Crippen molar-refractivity contribution < 1.29 is 18.3 Å². The van der Waals surface area contributed by atoms with Gasteiger partial charge in [0.2, 0.25) is 5.89 Å². The highest BCUT2D eigenvalue weighted by Crippen LogP contribution is 2.27. The van der Waals surface area contributed by atoms with Crippen molar-refractivity contribution in [2.45, 2.75) is 19.1 Å². The highest BCUT2D eigenvalue weighted by molar-refractivity contribution is 7.99. The Balaban J connectivity index is 1.48. The maximum atomic E-state index is 14.3. The molecule has 0 amide bonds. The highest BCUT2D eigenvalue weighted by Gasteiger charge is 2.19. The van der Waals surface area contributed by atoms with Crippen molar-refractivity contribution in [3.8, 4) is 22.9 Å². The van der Waals surface area contributed by atoms with Crippen LogP contribution in [-0.4, -0.2) is 33.4 Å². The normalized spacial score (nSPS) is 11.0. The monoisotopic (exact) mass is 437 g/mol. The Morgan fingerprint density at radius 2 is 1.87 bits per heavy atom. The molecule has 0 N–H and O–H groups in total. The van der Waals surface area contributed by atoms with E-state index in [1.807, 2.05) is 26.0 Å². The van der Waals surface area contributed by atoms with Gasteiger partial charge >= 0.3 is 0 Å². The van der Waals surface area contributed by atoms with Gasteiger partial charge in [-0.1, -0.05) is 23.9 Å². The van der Waals surface area contributed by atoms with E-state index in [1.54, 1.807) is 48.1 Å². The van der Waals surface area contributed by atoms with Crippen LogP contribution in [0.15, 0.2) is 64.2 Å². The molecule has 8 heteroatoms. The predicted molar refractivity (Wildman–Crippen MR) is 117 cm³/mol. The van der Waals surface area contributed by atoms with Crippen LogP contribution in [0.1, 0.15) is 21.7 Å². The Kier molecular flexibility index (Phi) is 5.90. The van der Waals surface area contributed by atoms with E-state index < -0.39 is 0 Å². The van der Waals surface area contributed by atoms with Crippen LogP contribution in [0.2, 0.25) is 0 Å². The number of aryl methyl sites for hydroxylation is 1. The molecule has 4 aromatic rings. The predicted octanol–water partition coefficient (Wildman–Crippen LogP) is 5.27. The Morgan fingerprint density at radius 3 is 2.58 bits per heavy atom. The first-order valence-electron chi connectivity index (χ1n) is 9.55. The van der Waals surface area contributed by atoms with Gasteiger partial charge in [-0.15, -0.1) is 10.2 Å². The number of methoxy groups -OCH3 is 1. The van der Waals surface area contributed by atoms with Crippen molar-refractivity contribution >= 4 is 17.5 Å². The number of ketones is 1. The summed E-state index contributed by atoms with van der Waals surface area (Å²) < 4.78 is 26.8. The summed E-state index contributed by atoms with van der Waals surface area (Å²) in [7, 11) is 1.60. The molecule has 31 heavy (non-hydrogen) atoms. The van der Waals surface area contributed by atoms with Crippen molar-refractivity contribution in [2.75, 3.05) is 12.9 Å². The number of benzene rings is 2. The van der Waals surface area contributed by atoms with Gasteiger partial charge in [0.1, 0.15) is 11.6 Å². The minimum absolute atomic E-state index is 0.0927. The Hall–Kier alpha value is -3.39. The van der Waals surface area contributed by atoms with E-state index in [2.05, 4.69) is 10.2 Å². The lowest BCUT2D eigenvalue weighted by molar-refractivity contribution is 0.102. The Morgan fingerprint density at radius 1 is 1.13 bits per heavy atom. The standard InChI is InChI=1S/C23H20FN3O3S/c1-14-12-18(15(2)27(14)20-7-5-4-6-19(20)24)21(28)13-31-23-26-25-22(30-23)16-8-10-17(29-3)11-9-16/h4-12H,13H2,1-3H3. The van der Waals surface area contributed by atoms with Crippen molar-refractivity contribution in [3.05, 3.63) is 77.4 Å². The van der Waals surface area contributed by atoms with E-state index in [0.717, 1.165) is 17.0 Å². The number of carbonyl (C=O) groups excluding carboxylic acids is 1. The van der Waals surface area contributed by atoms with Gasteiger partial charge in [-0.25, -0.2) is 4.39 Å². The quantitative estimate of drug-likeness (QED) is 0.290. The number of carbonyl (C=O) groups is 1. The third-order valence-corrected chi connectivity index (χ3v) is 5.71. The van der Waals surface area contributed by atoms with Gasteiger partial charge in [0, 0.05) is 22.5 Å². The molecule has 0 bridgehead atoms. The first kappa shape index (κ1) is 20.9. The summed E-state index contributed by atoms with van der Waals surface area (Å²) in [5.41, 5.74) is 3.21. The second-order valence-corrected chi connectivity index (χ2v) is 7.81. The van der Waals surface area contributed by atoms with Gasteiger partial charge < -0.3 is 13.7 Å². The smallest absolute Gasteiger partial charge is 0.277 e. The van der Waals surface area contributed by atoms with E-state index in [9.17, 15) is 9.18 Å². The number of para-hydroxylation sites is 1. The SMILES string of the molecule is COc1ccc(-c2nnc(SCC(=O)c3cc(C)n(-c4ccccc4F)c3C)o2)cc1. The molecule has 0 saturated heterocycles. The molecule has 0 saturated carbocycles. The van der Waals surface area contributed by atoms with Gasteiger partial charge in [0.15, 0.2) is 5.78 Å². The van der Waals surface area contributed by atoms with Gasteiger partial charge in [0.05, 0.1) is 18.6 Å². The molecular weight excluding hydrogens is 417 g/mol. The molecule has 0 aliphatic heterocycles. The number of nitrogens with zero attached hydrogens (tertiary/aromatic N) is 3. The second-order valence-electron chi connectivity index (χ2n) is 6.89. The molecule has 158 valence electrons. The fourth-order valence-corrected chi connectivity index (χ4v) is 4.02. The number of halogens is 1. The van der Waals surface area contributed by atoms with E-state index in [0.29, 0.717) is 28.1 Å². The average molecular weight is 437 g/mol. The summed E-state index contributed by atoms with van der Waals surface area (Å²) in [5, 5.41) is 8.36. The van der Waals surface area contributed by atoms with Crippen molar-refractivity contribution in [1.82, 2.24) is 14.8 Å². The summed E-state index contributed by atoms with van der Waals surface area (Å²) in [6.07, 6.45) is 0. The number of hydrogen-bond donors (Lipinski definition) is 0. The van der Waals surface area contributed by atoms with Gasteiger partial charge in [-0.3, -0.25) is 4.79 Å². The molecule has 0 aliphatic carbocycles. The molecule has 6 nitrogen and oxygen atoms in total. The van der Waals surface area contributed by atoms with Crippen LogP contribution in [0.25, 0.3) is 17.1 Å². The highest BCUT2D eigenvalue weighted by atomic mass is 32.2. The minimum Gasteiger partial charge on any atom is -0.497 e. The maximum absolute atomic E-state index is 14.3. The van der Waals surface area contributed by atoms with E-state index in [1.165, 1.54) is 17.8 Å². The van der Waals surface area contributed by atoms with Gasteiger partial charge in [-0.2, -0.15) is 0 Å². The summed E-state index contributed by atoms with van der Waals surface area (Å²) in [4.78, 5) is 12.8. The van der Waals surface area contributed by atoms with Crippen LogP contribution in [0.3, 0.4) is 0 Å². The van der Waals surface area contributed by atoms with E-state index >= 15 is 0 Å². The third kappa shape index (κ3) is 4.25. The van der Waals surface area contributed by atoms with Gasteiger partial charge in [0.25, 0.3) is 5.22 Å². The summed E-state index contributed by atoms with van der Waals surface area (Å²) >= 11 is 1.17. The molecule has 0 fully saturated rings. The first-order valence-corrected chi connectivity index (χ1v) is 10.5. The zero-order valence-corrected chi connectivity index (χ0v) is 18.1. The number of aromatic nitrogens is 3. The molecule has 4 rings (SSSR count). The molecule has 0 spiro atoms. The number of thioether (sulfide) groups is 1. The lowest BCUT2D eigenvalue weighted by atomic mass is 10.2. The van der Waals surface area contributed by atoms with Crippen LogP contribution in [-0.2, 0) is 0 Å². The number of rotatable bonds is 7. The molecule has 0 aliphatic rings. The van der Waals surface area contributed by atoms with Crippen LogP contribution in [0, 0.1) is 19.7 Å². The zero-order valence-electron chi connectivity index (χ0n) is 17.3. The topological polar surface area (TPSA) is 70.2 Å². The molecular formula is C23H20FN3O3S. The summed E-state index contributed by atoms with van der Waals surface area (Å²) in [6.45, 7) is 3.66. The first-order chi connectivity index (χ1) is 15.0. The fourth-order valence-electron chi connectivity index (χ4n) is 3.37. The molecule has 0 radical (unpaired) electrons. The minimum atomic E-state index is -0.338. The van der Waals surface area contributed by atoms with Crippen molar-refractivity contribution in [2.24, 2.45) is 0 Å². The lowest BCUT2D eigenvalue weighted by Crippen LogP contribution is -2.06. The van der Waals surface area contributed by atoms with Gasteiger partial charge in [-0.05, 0) is 56.3 Å². The average Bonchev–Trinajstić information content (AvgIpc) is 3.37. The van der Waals surface area contributed by atoms with Crippen LogP contribution in [0.5, 0.6) is 5.75 Å². The van der Waals surface area contributed by atoms with Crippen LogP contribution < -0.4 is 4.74 Å². The summed E-state index contributed by atoms with van der Waals surface area (Å²) in [6, 6.07) is 15.5. The number of ether oxygens (including phenoxy) is 1. The fraction of sp³-hybridized carbons (Fsp3) is 0.174. The number of Topliss-reactive ketones (excluding diaryl/α,β-unsaturated/α-hetero) is 1. The van der Waals surface area contributed by atoms with E-state index in [4.69, 9.17) is 9.15 Å². The second kappa shape index (κ2) is 8.77. The van der Waals surface area contributed by atoms with E-state index in [-0.39, 0.29) is 17.4 Å².